The maximum absolute atomic E-state index is 11.7. The molecule has 0 radical (unpaired) electrons. The van der Waals surface area contributed by atoms with Gasteiger partial charge in [0.2, 0.25) is 0 Å². The number of ketones is 1. The Kier molecular flexibility index (Phi) is 3.03. The molecule has 0 bridgehead atoms. The average Bonchev–Trinajstić information content (AvgIpc) is 2.44. The van der Waals surface area contributed by atoms with Gasteiger partial charge in [-0.3, -0.25) is 9.78 Å². The number of anilines is 1. The van der Waals surface area contributed by atoms with E-state index < -0.39 is 0 Å². The molecule has 3 rings (SSSR count). The number of nitrogens with zero attached hydrogens (tertiary/aromatic N) is 1. The number of fused-ring (bicyclic) bond motifs is 1. The summed E-state index contributed by atoms with van der Waals surface area (Å²) >= 11 is 0. The third-order valence-corrected chi connectivity index (χ3v) is 3.64. The molecule has 3 heteroatoms. The van der Waals surface area contributed by atoms with E-state index in [1.165, 1.54) is 0 Å². The third kappa shape index (κ3) is 2.36. The van der Waals surface area contributed by atoms with Gasteiger partial charge in [-0.15, -0.1) is 0 Å². The smallest absolute Gasteiger partial charge is 0.160 e. The van der Waals surface area contributed by atoms with Crippen molar-refractivity contribution in [2.24, 2.45) is 0 Å². The van der Waals surface area contributed by atoms with Crippen molar-refractivity contribution in [2.75, 3.05) is 5.32 Å². The summed E-state index contributed by atoms with van der Waals surface area (Å²) in [6.45, 7) is 1.91. The normalized spacial score (nSPS) is 15.9. The van der Waals surface area contributed by atoms with Gasteiger partial charge in [-0.25, -0.2) is 0 Å². The zero-order valence-electron chi connectivity index (χ0n) is 10.9. The van der Waals surface area contributed by atoms with Crippen LogP contribution in [0, 0.1) is 0 Å². The van der Waals surface area contributed by atoms with E-state index in [0.717, 1.165) is 40.6 Å². The van der Waals surface area contributed by atoms with Gasteiger partial charge in [-0.05, 0) is 43.4 Å². The van der Waals surface area contributed by atoms with E-state index in [2.05, 4.69) is 16.4 Å². The SMILES string of the molecule is CC1=C(Nc2ccc3cnccc3c2)CCCC1=O. The van der Waals surface area contributed by atoms with Crippen molar-refractivity contribution in [3.05, 3.63) is 47.9 Å². The summed E-state index contributed by atoms with van der Waals surface area (Å²) in [6, 6.07) is 8.17. The number of pyridine rings is 1. The fourth-order valence-corrected chi connectivity index (χ4v) is 2.46. The molecule has 0 saturated heterocycles. The van der Waals surface area contributed by atoms with Crippen LogP contribution in [0.15, 0.2) is 47.9 Å². The fourth-order valence-electron chi connectivity index (χ4n) is 2.46. The van der Waals surface area contributed by atoms with E-state index in [1.807, 2.05) is 31.3 Å². The Balaban J connectivity index is 1.93. The molecule has 0 atom stereocenters. The van der Waals surface area contributed by atoms with E-state index in [-0.39, 0.29) is 5.78 Å². The van der Waals surface area contributed by atoms with Gasteiger partial charge in [-0.2, -0.15) is 0 Å². The van der Waals surface area contributed by atoms with Gasteiger partial charge in [0.05, 0.1) is 0 Å². The lowest BCUT2D eigenvalue weighted by atomic mass is 9.96. The van der Waals surface area contributed by atoms with Crippen LogP contribution in [-0.2, 0) is 4.79 Å². The molecule has 19 heavy (non-hydrogen) atoms. The van der Waals surface area contributed by atoms with Gasteiger partial charge in [-0.1, -0.05) is 6.07 Å². The van der Waals surface area contributed by atoms with Crippen molar-refractivity contribution in [3.63, 3.8) is 0 Å². The van der Waals surface area contributed by atoms with Crippen LogP contribution in [0.25, 0.3) is 10.8 Å². The maximum Gasteiger partial charge on any atom is 0.160 e. The van der Waals surface area contributed by atoms with Gasteiger partial charge in [0.1, 0.15) is 0 Å². The molecule has 0 saturated carbocycles. The summed E-state index contributed by atoms with van der Waals surface area (Å²) in [5.41, 5.74) is 2.97. The predicted molar refractivity (Wildman–Crippen MR) is 76.9 cm³/mol. The summed E-state index contributed by atoms with van der Waals surface area (Å²) in [5.74, 6) is 0.263. The first kappa shape index (κ1) is 11.9. The molecule has 1 N–H and O–H groups in total. The number of benzene rings is 1. The second-order valence-electron chi connectivity index (χ2n) is 4.94. The second-order valence-corrected chi connectivity index (χ2v) is 4.94. The lowest BCUT2D eigenvalue weighted by molar-refractivity contribution is -0.116. The first-order valence-electron chi connectivity index (χ1n) is 6.58. The molecule has 0 aliphatic heterocycles. The number of Topliss-reactive ketones (excluding diaryl/α,β-unsaturated/α-hetero) is 1. The highest BCUT2D eigenvalue weighted by Gasteiger charge is 2.16. The van der Waals surface area contributed by atoms with E-state index in [1.54, 1.807) is 6.20 Å². The van der Waals surface area contributed by atoms with Crippen molar-refractivity contribution in [3.8, 4) is 0 Å². The molecule has 2 aromatic rings. The molecule has 3 nitrogen and oxygen atoms in total. The Bertz CT molecular complexity index is 673. The van der Waals surface area contributed by atoms with Crippen molar-refractivity contribution >= 4 is 22.2 Å². The molecule has 0 unspecified atom stereocenters. The number of carbonyl (C=O) groups is 1. The number of hydrogen-bond acceptors (Lipinski definition) is 3. The van der Waals surface area contributed by atoms with Crippen molar-refractivity contribution in [1.82, 2.24) is 4.98 Å². The highest BCUT2D eigenvalue weighted by atomic mass is 16.1. The molecule has 0 amide bonds. The zero-order valence-corrected chi connectivity index (χ0v) is 10.9. The van der Waals surface area contributed by atoms with Crippen LogP contribution in [0.5, 0.6) is 0 Å². The zero-order chi connectivity index (χ0) is 13.2. The molecule has 1 aromatic heterocycles. The number of carbonyl (C=O) groups excluding carboxylic acids is 1. The van der Waals surface area contributed by atoms with Crippen molar-refractivity contribution in [1.29, 1.82) is 0 Å². The number of hydrogen-bond donors (Lipinski definition) is 1. The van der Waals surface area contributed by atoms with Gasteiger partial charge in [0.15, 0.2) is 5.78 Å². The Morgan fingerprint density at radius 3 is 2.95 bits per heavy atom. The van der Waals surface area contributed by atoms with Gasteiger partial charge in [0.25, 0.3) is 0 Å². The minimum Gasteiger partial charge on any atom is -0.359 e. The Hall–Kier alpha value is -2.16. The van der Waals surface area contributed by atoms with E-state index in [4.69, 9.17) is 0 Å². The van der Waals surface area contributed by atoms with Crippen LogP contribution < -0.4 is 5.32 Å². The van der Waals surface area contributed by atoms with Crippen molar-refractivity contribution in [2.45, 2.75) is 26.2 Å². The van der Waals surface area contributed by atoms with Crippen LogP contribution in [0.2, 0.25) is 0 Å². The largest absolute Gasteiger partial charge is 0.359 e. The summed E-state index contributed by atoms with van der Waals surface area (Å²) < 4.78 is 0. The molecule has 1 aliphatic rings. The Labute approximate surface area is 112 Å². The first-order chi connectivity index (χ1) is 9.24. The Morgan fingerprint density at radius 1 is 1.16 bits per heavy atom. The molecule has 0 spiro atoms. The second kappa shape index (κ2) is 4.84. The molecule has 1 aliphatic carbocycles. The van der Waals surface area contributed by atoms with Crippen LogP contribution in [-0.4, -0.2) is 10.8 Å². The standard InChI is InChI=1S/C16H16N2O/c1-11-15(3-2-4-16(11)19)18-14-6-5-13-10-17-8-7-12(13)9-14/h5-10,18H,2-4H2,1H3. The van der Waals surface area contributed by atoms with Crippen LogP contribution in [0.4, 0.5) is 5.69 Å². The number of allylic oxidation sites excluding steroid dienone is 2. The van der Waals surface area contributed by atoms with Gasteiger partial charge < -0.3 is 5.32 Å². The lowest BCUT2D eigenvalue weighted by Crippen LogP contribution is -2.14. The molecular weight excluding hydrogens is 236 g/mol. The number of aromatic nitrogens is 1. The average molecular weight is 252 g/mol. The van der Waals surface area contributed by atoms with E-state index >= 15 is 0 Å². The summed E-state index contributed by atoms with van der Waals surface area (Å²) in [5, 5.41) is 5.67. The van der Waals surface area contributed by atoms with Gasteiger partial charge in [0, 0.05) is 41.2 Å². The van der Waals surface area contributed by atoms with Gasteiger partial charge >= 0.3 is 0 Å². The minimum absolute atomic E-state index is 0.263. The van der Waals surface area contributed by atoms with Crippen LogP contribution in [0.1, 0.15) is 26.2 Å². The molecular formula is C16H16N2O. The number of rotatable bonds is 2. The van der Waals surface area contributed by atoms with E-state index in [0.29, 0.717) is 6.42 Å². The third-order valence-electron chi connectivity index (χ3n) is 3.64. The molecule has 0 fully saturated rings. The maximum atomic E-state index is 11.7. The summed E-state index contributed by atoms with van der Waals surface area (Å²) in [7, 11) is 0. The molecule has 1 heterocycles. The van der Waals surface area contributed by atoms with Crippen LogP contribution >= 0.6 is 0 Å². The monoisotopic (exact) mass is 252 g/mol. The van der Waals surface area contributed by atoms with E-state index in [9.17, 15) is 4.79 Å². The number of nitrogens with one attached hydrogen (secondary N) is 1. The lowest BCUT2D eigenvalue weighted by Gasteiger charge is -2.18. The predicted octanol–water partition coefficient (Wildman–Crippen LogP) is 3.67. The summed E-state index contributed by atoms with van der Waals surface area (Å²) in [6.07, 6.45) is 6.22. The molecule has 1 aromatic carbocycles. The Morgan fingerprint density at radius 2 is 2.05 bits per heavy atom. The van der Waals surface area contributed by atoms with Crippen molar-refractivity contribution < 1.29 is 4.79 Å². The quantitative estimate of drug-likeness (QED) is 0.886. The highest BCUT2D eigenvalue weighted by Crippen LogP contribution is 2.25. The topological polar surface area (TPSA) is 42.0 Å². The highest BCUT2D eigenvalue weighted by molar-refractivity contribution is 5.97. The summed E-state index contributed by atoms with van der Waals surface area (Å²) in [4.78, 5) is 15.8. The first-order valence-corrected chi connectivity index (χ1v) is 6.58. The molecule has 96 valence electrons. The minimum atomic E-state index is 0.263. The fraction of sp³-hybridized carbons (Fsp3) is 0.250. The van der Waals surface area contributed by atoms with Crippen LogP contribution in [0.3, 0.4) is 0 Å².